The molecule has 1 heterocycles. The van der Waals surface area contributed by atoms with E-state index in [-0.39, 0.29) is 38.4 Å². The van der Waals surface area contributed by atoms with Crippen LogP contribution in [0.3, 0.4) is 0 Å². The number of aromatic nitrogens is 1. The number of nitrogens with two attached hydrogens (primary N) is 1. The van der Waals surface area contributed by atoms with E-state index in [9.17, 15) is 21.6 Å². The van der Waals surface area contributed by atoms with Crippen LogP contribution in [0.4, 0.5) is 5.69 Å². The molecule has 0 atom stereocenters. The number of carbonyl (C=O) groups is 1. The van der Waals surface area contributed by atoms with Crippen molar-refractivity contribution in [3.05, 3.63) is 53.9 Å². The molecule has 202 valence electrons. The van der Waals surface area contributed by atoms with Crippen LogP contribution < -0.4 is 21.0 Å². The van der Waals surface area contributed by atoms with E-state index in [1.54, 1.807) is 28.8 Å². The Balaban J connectivity index is 1.83. The fourth-order valence-corrected chi connectivity index (χ4v) is 5.18. The number of anilines is 1. The van der Waals surface area contributed by atoms with Crippen LogP contribution >= 0.6 is 0 Å². The molecule has 1 aliphatic carbocycles. The van der Waals surface area contributed by atoms with Crippen LogP contribution in [0.15, 0.2) is 52.9 Å². The van der Waals surface area contributed by atoms with Crippen molar-refractivity contribution in [2.45, 2.75) is 12.8 Å². The lowest BCUT2D eigenvalue weighted by molar-refractivity contribution is -0.114. The van der Waals surface area contributed by atoms with Gasteiger partial charge in [0.1, 0.15) is 24.3 Å². The number of rotatable bonds is 10. The van der Waals surface area contributed by atoms with E-state index in [1.807, 2.05) is 24.3 Å². The van der Waals surface area contributed by atoms with E-state index in [0.29, 0.717) is 33.6 Å². The quantitative estimate of drug-likeness (QED) is 0.0946. The molecule has 0 radical (unpaired) electrons. The zero-order valence-electron chi connectivity index (χ0n) is 20.2. The van der Waals surface area contributed by atoms with Crippen molar-refractivity contribution in [1.29, 1.82) is 0 Å². The van der Waals surface area contributed by atoms with Gasteiger partial charge in [-0.1, -0.05) is 24.3 Å². The first-order valence-electron chi connectivity index (χ1n) is 11.7. The normalized spacial score (nSPS) is 12.3. The molecule has 0 unspecified atom stereocenters. The molecule has 2 aromatic carbocycles. The van der Waals surface area contributed by atoms with E-state index >= 15 is 0 Å². The zero-order valence-corrected chi connectivity index (χ0v) is 21.8. The Hall–Kier alpha value is -3.43. The minimum absolute atomic E-state index is 0.0893. The predicted octanol–water partition coefficient (Wildman–Crippen LogP) is 1.31. The fraction of sp³-hybridized carbons (Fsp3) is 0.292. The van der Waals surface area contributed by atoms with Crippen molar-refractivity contribution in [1.82, 2.24) is 9.56 Å². The summed E-state index contributed by atoms with van der Waals surface area (Å²) in [5, 5.41) is 4.91. The molecule has 0 bridgehead atoms. The lowest BCUT2D eigenvalue weighted by Gasteiger charge is -2.12. The number of fused-ring (bicyclic) bond motifs is 4. The second-order valence-electron chi connectivity index (χ2n) is 8.70. The molecule has 1 aliphatic heterocycles. The maximum absolute atomic E-state index is 12.0. The summed E-state index contributed by atoms with van der Waals surface area (Å²) in [7, 11) is -8.33. The van der Waals surface area contributed by atoms with Crippen LogP contribution in [0.5, 0.6) is 0 Å². The highest BCUT2D eigenvalue weighted by atomic mass is 32.2. The highest BCUT2D eigenvalue weighted by molar-refractivity contribution is 7.86. The Morgan fingerprint density at radius 1 is 0.947 bits per heavy atom. The minimum Gasteiger partial charge on any atom is -0.452 e. The van der Waals surface area contributed by atoms with Gasteiger partial charge in [-0.15, -0.1) is 0 Å². The standard InChI is InChI=1S/C24H26N4O8S2/c25-15-23(29)26-20-14-22-24(18-6-2-1-5-17(18)20)27-19-8-7-16(13-21(19)36-22)28(9-3-11-37(30,31)32)10-4-12-38(33,34)35/h1-2,5-8,13-14H,3-4,9-12,15,25H2,(H2,30,31,32,33,34,35)/p+1. The molecule has 14 heteroatoms. The Labute approximate surface area is 218 Å². The van der Waals surface area contributed by atoms with Crippen LogP contribution in [0, 0.1) is 0 Å². The maximum Gasteiger partial charge on any atom is 0.265 e. The van der Waals surface area contributed by atoms with E-state index in [1.165, 1.54) is 0 Å². The van der Waals surface area contributed by atoms with Gasteiger partial charge in [-0.25, -0.2) is 9.56 Å². The molecule has 0 aromatic heterocycles. The summed E-state index contributed by atoms with van der Waals surface area (Å²) in [6, 6.07) is 14.2. The molecule has 5 N–H and O–H groups in total. The summed E-state index contributed by atoms with van der Waals surface area (Å²) in [6.07, 6.45) is 0.179. The summed E-state index contributed by atoms with van der Waals surface area (Å²) < 4.78 is 70.7. The Bertz CT molecular complexity index is 1730. The lowest BCUT2D eigenvalue weighted by atomic mass is 10.1. The largest absolute Gasteiger partial charge is 0.452 e. The zero-order chi connectivity index (χ0) is 27.5. The third-order valence-corrected chi connectivity index (χ3v) is 7.47. The summed E-state index contributed by atoms with van der Waals surface area (Å²) in [5.41, 5.74) is 7.52. The van der Waals surface area contributed by atoms with Crippen LogP contribution in [-0.4, -0.2) is 68.0 Å². The van der Waals surface area contributed by atoms with Gasteiger partial charge in [0, 0.05) is 35.7 Å². The third kappa shape index (κ3) is 6.90. The summed E-state index contributed by atoms with van der Waals surface area (Å²) >= 11 is 0. The van der Waals surface area contributed by atoms with Gasteiger partial charge >= 0.3 is 0 Å². The monoisotopic (exact) mass is 563 g/mol. The van der Waals surface area contributed by atoms with Gasteiger partial charge in [0.25, 0.3) is 20.2 Å². The maximum atomic E-state index is 12.0. The smallest absolute Gasteiger partial charge is 0.265 e. The van der Waals surface area contributed by atoms with Crippen LogP contribution in [0.1, 0.15) is 12.8 Å². The first-order chi connectivity index (χ1) is 17.9. The molecule has 0 saturated carbocycles. The van der Waals surface area contributed by atoms with Gasteiger partial charge in [0.05, 0.1) is 29.8 Å². The van der Waals surface area contributed by atoms with Crippen molar-refractivity contribution in [2.75, 3.05) is 36.5 Å². The third-order valence-electron chi connectivity index (χ3n) is 5.86. The van der Waals surface area contributed by atoms with Crippen LogP contribution in [-0.2, 0) is 25.0 Å². The van der Waals surface area contributed by atoms with Crippen molar-refractivity contribution in [2.24, 2.45) is 5.73 Å². The molecular weight excluding hydrogens is 536 g/mol. The molecule has 4 rings (SSSR count). The number of nitrogens with one attached hydrogen (secondary N) is 1. The highest BCUT2D eigenvalue weighted by Crippen LogP contribution is 2.33. The molecule has 0 saturated heterocycles. The predicted molar refractivity (Wildman–Crippen MR) is 143 cm³/mol. The van der Waals surface area contributed by atoms with Crippen LogP contribution in [0.25, 0.3) is 33.3 Å². The molecule has 2 aliphatic rings. The second kappa shape index (κ2) is 11.1. The molecule has 2 aromatic rings. The second-order valence-corrected chi connectivity index (χ2v) is 11.8. The lowest BCUT2D eigenvalue weighted by Crippen LogP contribution is -2.33. The number of nitrogens with zero attached hydrogens (tertiary/aromatic N) is 2. The molecule has 0 spiro atoms. The minimum atomic E-state index is -4.17. The molecule has 38 heavy (non-hydrogen) atoms. The van der Waals surface area contributed by atoms with Crippen molar-refractivity contribution in [3.8, 4) is 11.5 Å². The Kier molecular flexibility index (Phi) is 8.08. The molecule has 1 amide bonds. The van der Waals surface area contributed by atoms with Gasteiger partial charge in [-0.05, 0) is 6.07 Å². The fourth-order valence-electron chi connectivity index (χ4n) is 4.19. The molecular formula is C24H27N4O8S2+. The van der Waals surface area contributed by atoms with E-state index in [2.05, 4.69) is 5.32 Å². The SMILES string of the molecule is NCC(=O)Nc1cc2oc3cc(=[N+](CCCS(=O)(=O)O)CCCS(=O)(=O)O)ccc-3nc2c2ccccc12. The Morgan fingerprint density at radius 3 is 2.18 bits per heavy atom. The van der Waals surface area contributed by atoms with E-state index in [4.69, 9.17) is 24.2 Å². The van der Waals surface area contributed by atoms with Crippen molar-refractivity contribution >= 4 is 53.7 Å². The Morgan fingerprint density at radius 2 is 1.58 bits per heavy atom. The van der Waals surface area contributed by atoms with E-state index in [0.717, 1.165) is 10.8 Å². The van der Waals surface area contributed by atoms with Gasteiger partial charge in [0.15, 0.2) is 11.3 Å². The molecule has 12 nitrogen and oxygen atoms in total. The van der Waals surface area contributed by atoms with Crippen LogP contribution in [0.2, 0.25) is 0 Å². The number of amides is 1. The van der Waals surface area contributed by atoms with Gasteiger partial charge < -0.3 is 15.5 Å². The number of benzene rings is 3. The average molecular weight is 564 g/mol. The number of carbonyl (C=O) groups excluding carboxylic acids is 1. The summed E-state index contributed by atoms with van der Waals surface area (Å²) in [5.74, 6) is -0.890. The molecule has 0 fully saturated rings. The van der Waals surface area contributed by atoms with Crippen molar-refractivity contribution < 1.29 is 35.2 Å². The number of hydrogen-bond acceptors (Lipinski definition) is 8. The van der Waals surface area contributed by atoms with Crippen molar-refractivity contribution in [3.63, 3.8) is 0 Å². The average Bonchev–Trinajstić information content (AvgIpc) is 2.85. The topological polar surface area (TPSA) is 193 Å². The van der Waals surface area contributed by atoms with Gasteiger partial charge in [0.2, 0.25) is 11.3 Å². The summed E-state index contributed by atoms with van der Waals surface area (Å²) in [4.78, 5) is 16.8. The first kappa shape index (κ1) is 27.6. The first-order valence-corrected chi connectivity index (χ1v) is 14.9. The van der Waals surface area contributed by atoms with Gasteiger partial charge in [-0.2, -0.15) is 16.8 Å². The highest BCUT2D eigenvalue weighted by Gasteiger charge is 2.18. The van der Waals surface area contributed by atoms with Gasteiger partial charge in [-0.3, -0.25) is 13.9 Å². The summed E-state index contributed by atoms with van der Waals surface area (Å²) in [6.45, 7) is 0.198. The van der Waals surface area contributed by atoms with E-state index < -0.39 is 31.7 Å². The number of hydrogen-bond donors (Lipinski definition) is 4.